The number of nitrogens with zero attached hydrogens (tertiary/aromatic N) is 1. The van der Waals surface area contributed by atoms with Crippen molar-refractivity contribution in [3.05, 3.63) is 45.1 Å². The number of carbonyl (C=O) groups excluding carboxylic acids is 1. The normalized spacial score (nSPS) is 12.3. The Morgan fingerprint density at radius 3 is 2.56 bits per heavy atom. The van der Waals surface area contributed by atoms with Gasteiger partial charge in [-0.2, -0.15) is 0 Å². The largest absolute Gasteiger partial charge is 0.481 e. The topological polar surface area (TPSA) is 121 Å². The minimum absolute atomic E-state index is 0.0491. The third kappa shape index (κ3) is 4.34. The standard InChI is InChI=1S/C17H21N3O5/c1-10(2)9-13(15(23)18-8-7-14(21)22)20-16(24)11-5-3-4-6-12(11)19-17(20)25/h3-6,10,13H,7-9H2,1-2H3,(H,18,23)(H,19,25)(H,21,22)/t13-/m1/s1. The number of amides is 1. The van der Waals surface area contributed by atoms with E-state index in [1.807, 2.05) is 13.8 Å². The highest BCUT2D eigenvalue weighted by Gasteiger charge is 2.25. The number of carbonyl (C=O) groups is 2. The molecule has 0 unspecified atom stereocenters. The van der Waals surface area contributed by atoms with Gasteiger partial charge in [0.25, 0.3) is 5.56 Å². The lowest BCUT2D eigenvalue weighted by molar-refractivity contribution is -0.137. The molecule has 134 valence electrons. The zero-order valence-corrected chi connectivity index (χ0v) is 14.1. The van der Waals surface area contributed by atoms with Crippen LogP contribution in [0.5, 0.6) is 0 Å². The van der Waals surface area contributed by atoms with Gasteiger partial charge in [-0.05, 0) is 24.5 Å². The molecule has 2 rings (SSSR count). The molecule has 0 spiro atoms. The molecule has 8 heteroatoms. The molecule has 1 aromatic heterocycles. The maximum absolute atomic E-state index is 12.7. The van der Waals surface area contributed by atoms with Crippen molar-refractivity contribution in [1.29, 1.82) is 0 Å². The Hall–Kier alpha value is -2.90. The van der Waals surface area contributed by atoms with Crippen molar-refractivity contribution in [2.45, 2.75) is 32.7 Å². The fourth-order valence-corrected chi connectivity index (χ4v) is 2.65. The van der Waals surface area contributed by atoms with E-state index >= 15 is 0 Å². The predicted molar refractivity (Wildman–Crippen MR) is 92.6 cm³/mol. The minimum Gasteiger partial charge on any atom is -0.481 e. The summed E-state index contributed by atoms with van der Waals surface area (Å²) in [6.07, 6.45) is 0.0450. The highest BCUT2D eigenvalue weighted by atomic mass is 16.4. The van der Waals surface area contributed by atoms with Crippen LogP contribution < -0.4 is 16.6 Å². The van der Waals surface area contributed by atoms with Gasteiger partial charge in [-0.15, -0.1) is 0 Å². The monoisotopic (exact) mass is 347 g/mol. The quantitative estimate of drug-likeness (QED) is 0.686. The van der Waals surface area contributed by atoms with Crippen LogP contribution >= 0.6 is 0 Å². The minimum atomic E-state index is -1.04. The first-order valence-electron chi connectivity index (χ1n) is 8.04. The van der Waals surface area contributed by atoms with Gasteiger partial charge in [0.05, 0.1) is 17.3 Å². The van der Waals surface area contributed by atoms with Gasteiger partial charge in [0.15, 0.2) is 0 Å². The first-order chi connectivity index (χ1) is 11.8. The molecule has 1 atom stereocenters. The first-order valence-corrected chi connectivity index (χ1v) is 8.04. The molecule has 0 radical (unpaired) electrons. The lowest BCUT2D eigenvalue weighted by Gasteiger charge is -2.20. The summed E-state index contributed by atoms with van der Waals surface area (Å²) in [6, 6.07) is 5.57. The molecular weight excluding hydrogens is 326 g/mol. The van der Waals surface area contributed by atoms with Crippen LogP contribution in [0.4, 0.5) is 0 Å². The van der Waals surface area contributed by atoms with Gasteiger partial charge >= 0.3 is 11.7 Å². The SMILES string of the molecule is CC(C)C[C@H](C(=O)NCCC(=O)O)n1c(=O)[nH]c2ccccc2c1=O. The average molecular weight is 347 g/mol. The van der Waals surface area contributed by atoms with Gasteiger partial charge < -0.3 is 15.4 Å². The van der Waals surface area contributed by atoms with E-state index < -0.39 is 29.2 Å². The average Bonchev–Trinajstić information content (AvgIpc) is 2.53. The summed E-state index contributed by atoms with van der Waals surface area (Å²) in [5, 5.41) is 11.5. The molecule has 0 bridgehead atoms. The van der Waals surface area contributed by atoms with Gasteiger partial charge in [-0.25, -0.2) is 9.36 Å². The number of fused-ring (bicyclic) bond motifs is 1. The smallest absolute Gasteiger partial charge is 0.329 e. The van der Waals surface area contributed by atoms with Crippen LogP contribution in [0.2, 0.25) is 0 Å². The number of aromatic amines is 1. The Morgan fingerprint density at radius 1 is 1.24 bits per heavy atom. The second-order valence-electron chi connectivity index (χ2n) is 6.23. The number of aliphatic carboxylic acids is 1. The Balaban J connectivity index is 2.46. The summed E-state index contributed by atoms with van der Waals surface area (Å²) in [5.41, 5.74) is -0.801. The van der Waals surface area contributed by atoms with Crippen molar-refractivity contribution in [2.75, 3.05) is 6.54 Å². The molecule has 1 heterocycles. The lowest BCUT2D eigenvalue weighted by atomic mass is 10.0. The number of carboxylic acids is 1. The van der Waals surface area contributed by atoms with Crippen LogP contribution in [0.15, 0.2) is 33.9 Å². The van der Waals surface area contributed by atoms with Crippen molar-refractivity contribution < 1.29 is 14.7 Å². The number of aromatic nitrogens is 2. The Bertz CT molecular complexity index is 897. The lowest BCUT2D eigenvalue weighted by Crippen LogP contribution is -2.45. The summed E-state index contributed by atoms with van der Waals surface area (Å²) in [5.74, 6) is -1.53. The van der Waals surface area contributed by atoms with Gasteiger partial charge in [-0.3, -0.25) is 14.4 Å². The first kappa shape index (κ1) is 18.4. The Kier molecular flexibility index (Phi) is 5.74. The number of carboxylic acid groups (broad SMARTS) is 1. The van der Waals surface area contributed by atoms with Crippen molar-refractivity contribution in [2.24, 2.45) is 5.92 Å². The van der Waals surface area contributed by atoms with Crippen LogP contribution in [0, 0.1) is 5.92 Å². The van der Waals surface area contributed by atoms with Gasteiger partial charge in [0.2, 0.25) is 5.91 Å². The summed E-state index contributed by atoms with van der Waals surface area (Å²) >= 11 is 0. The molecule has 0 saturated carbocycles. The number of hydrogen-bond acceptors (Lipinski definition) is 4. The molecule has 0 aliphatic heterocycles. The zero-order chi connectivity index (χ0) is 18.6. The molecular formula is C17H21N3O5. The molecule has 8 nitrogen and oxygen atoms in total. The van der Waals surface area contributed by atoms with E-state index in [1.165, 1.54) is 0 Å². The van der Waals surface area contributed by atoms with E-state index in [2.05, 4.69) is 10.3 Å². The van der Waals surface area contributed by atoms with Gasteiger partial charge in [0.1, 0.15) is 6.04 Å². The maximum Gasteiger partial charge on any atom is 0.329 e. The number of para-hydroxylation sites is 1. The van der Waals surface area contributed by atoms with E-state index in [9.17, 15) is 19.2 Å². The second-order valence-corrected chi connectivity index (χ2v) is 6.23. The molecule has 0 aliphatic rings. The van der Waals surface area contributed by atoms with Crippen LogP contribution in [0.1, 0.15) is 32.7 Å². The van der Waals surface area contributed by atoms with Crippen LogP contribution in [-0.2, 0) is 9.59 Å². The van der Waals surface area contributed by atoms with Crippen LogP contribution in [0.3, 0.4) is 0 Å². The summed E-state index contributed by atoms with van der Waals surface area (Å²) < 4.78 is 0.915. The van der Waals surface area contributed by atoms with Gasteiger partial charge in [-0.1, -0.05) is 26.0 Å². The third-order valence-electron chi connectivity index (χ3n) is 3.78. The number of nitrogens with one attached hydrogen (secondary N) is 2. The summed E-state index contributed by atoms with van der Waals surface area (Å²) in [4.78, 5) is 50.8. The second kappa shape index (κ2) is 7.78. The molecule has 0 fully saturated rings. The maximum atomic E-state index is 12.7. The van der Waals surface area contributed by atoms with Crippen LogP contribution in [0.25, 0.3) is 10.9 Å². The van der Waals surface area contributed by atoms with E-state index in [0.717, 1.165) is 4.57 Å². The number of H-pyrrole nitrogens is 1. The molecule has 0 aliphatic carbocycles. The molecule has 25 heavy (non-hydrogen) atoms. The molecule has 1 aromatic carbocycles. The van der Waals surface area contributed by atoms with E-state index in [1.54, 1.807) is 24.3 Å². The van der Waals surface area contributed by atoms with Crippen molar-refractivity contribution in [3.8, 4) is 0 Å². The molecule has 3 N–H and O–H groups in total. The Morgan fingerprint density at radius 2 is 1.92 bits per heavy atom. The third-order valence-corrected chi connectivity index (χ3v) is 3.78. The fourth-order valence-electron chi connectivity index (χ4n) is 2.65. The highest BCUT2D eigenvalue weighted by molar-refractivity contribution is 5.82. The van der Waals surface area contributed by atoms with Crippen LogP contribution in [-0.4, -0.2) is 33.1 Å². The van der Waals surface area contributed by atoms with E-state index in [-0.39, 0.29) is 25.3 Å². The number of benzene rings is 1. The van der Waals surface area contributed by atoms with Crippen molar-refractivity contribution >= 4 is 22.8 Å². The summed E-state index contributed by atoms with van der Waals surface area (Å²) in [6.45, 7) is 3.68. The predicted octanol–water partition coefficient (Wildman–Crippen LogP) is 0.868. The number of rotatable bonds is 7. The van der Waals surface area contributed by atoms with E-state index in [0.29, 0.717) is 10.9 Å². The summed E-state index contributed by atoms with van der Waals surface area (Å²) in [7, 11) is 0. The molecule has 0 saturated heterocycles. The fraction of sp³-hybridized carbons (Fsp3) is 0.412. The highest BCUT2D eigenvalue weighted by Crippen LogP contribution is 2.16. The molecule has 2 aromatic rings. The van der Waals surface area contributed by atoms with E-state index in [4.69, 9.17) is 5.11 Å². The molecule has 1 amide bonds. The Labute approximate surface area is 143 Å². The number of hydrogen-bond donors (Lipinski definition) is 3. The van der Waals surface area contributed by atoms with Crippen molar-refractivity contribution in [1.82, 2.24) is 14.9 Å². The van der Waals surface area contributed by atoms with Gasteiger partial charge in [0, 0.05) is 6.54 Å². The van der Waals surface area contributed by atoms with Crippen molar-refractivity contribution in [3.63, 3.8) is 0 Å². The zero-order valence-electron chi connectivity index (χ0n) is 14.1.